The third-order valence-electron chi connectivity index (χ3n) is 4.32. The zero-order chi connectivity index (χ0) is 22.1. The highest BCUT2D eigenvalue weighted by Crippen LogP contribution is 2.36. The molecule has 0 unspecified atom stereocenters. The fourth-order valence-electron chi connectivity index (χ4n) is 2.79. The van der Waals surface area contributed by atoms with E-state index in [-0.39, 0.29) is 5.78 Å². The van der Waals surface area contributed by atoms with Crippen LogP contribution in [0.5, 0.6) is 28.7 Å². The molecule has 0 heterocycles. The fraction of sp³-hybridized carbons (Fsp3) is 0.292. The predicted molar refractivity (Wildman–Crippen MR) is 117 cm³/mol. The maximum atomic E-state index is 13.1. The van der Waals surface area contributed by atoms with Gasteiger partial charge < -0.3 is 23.7 Å². The molecule has 0 bridgehead atoms. The molecular weight excluding hydrogens is 384 g/mol. The summed E-state index contributed by atoms with van der Waals surface area (Å²) in [6, 6.07) is 8.78. The van der Waals surface area contributed by atoms with E-state index < -0.39 is 0 Å². The van der Waals surface area contributed by atoms with Gasteiger partial charge in [0, 0.05) is 17.7 Å². The van der Waals surface area contributed by atoms with Gasteiger partial charge in [0.15, 0.2) is 17.3 Å². The van der Waals surface area contributed by atoms with Crippen LogP contribution in [0.15, 0.2) is 48.1 Å². The SMILES string of the molecule is COc1cc(OC)c(C(=O)/C=C/c2cccc(OC)c2OC)c(OCC=C(C)C)c1. The van der Waals surface area contributed by atoms with Gasteiger partial charge >= 0.3 is 0 Å². The van der Waals surface area contributed by atoms with Gasteiger partial charge in [-0.3, -0.25) is 4.79 Å². The first kappa shape index (κ1) is 22.9. The zero-order valence-corrected chi connectivity index (χ0v) is 18.3. The smallest absolute Gasteiger partial charge is 0.193 e. The van der Waals surface area contributed by atoms with Gasteiger partial charge in [0.1, 0.15) is 29.4 Å². The highest BCUT2D eigenvalue weighted by Gasteiger charge is 2.19. The second kappa shape index (κ2) is 11.0. The first-order valence-electron chi connectivity index (χ1n) is 9.40. The summed E-state index contributed by atoms with van der Waals surface area (Å²) in [5.74, 6) is 2.15. The van der Waals surface area contributed by atoms with E-state index in [0.29, 0.717) is 46.5 Å². The summed E-state index contributed by atoms with van der Waals surface area (Å²) in [5.41, 5.74) is 2.14. The zero-order valence-electron chi connectivity index (χ0n) is 18.3. The molecule has 0 fully saturated rings. The van der Waals surface area contributed by atoms with Crippen molar-refractivity contribution in [3.8, 4) is 28.7 Å². The lowest BCUT2D eigenvalue weighted by atomic mass is 10.1. The number of methoxy groups -OCH3 is 4. The fourth-order valence-corrected chi connectivity index (χ4v) is 2.79. The molecule has 0 amide bonds. The Balaban J connectivity index is 2.45. The van der Waals surface area contributed by atoms with Gasteiger partial charge in [-0.2, -0.15) is 0 Å². The predicted octanol–water partition coefficient (Wildman–Crippen LogP) is 4.96. The summed E-state index contributed by atoms with van der Waals surface area (Å²) < 4.78 is 27.3. The molecule has 0 saturated heterocycles. The van der Waals surface area contributed by atoms with Crippen molar-refractivity contribution in [2.75, 3.05) is 35.0 Å². The number of rotatable bonds is 10. The van der Waals surface area contributed by atoms with Crippen molar-refractivity contribution >= 4 is 11.9 Å². The Morgan fingerprint density at radius 3 is 2.20 bits per heavy atom. The van der Waals surface area contributed by atoms with Crippen LogP contribution in [-0.4, -0.2) is 40.8 Å². The Labute approximate surface area is 177 Å². The highest BCUT2D eigenvalue weighted by atomic mass is 16.5. The molecule has 2 aromatic rings. The Morgan fingerprint density at radius 1 is 0.900 bits per heavy atom. The van der Waals surface area contributed by atoms with E-state index in [0.717, 1.165) is 5.57 Å². The van der Waals surface area contributed by atoms with Crippen molar-refractivity contribution in [2.24, 2.45) is 0 Å². The number of ether oxygens (including phenoxy) is 5. The number of para-hydroxylation sites is 1. The normalized spacial score (nSPS) is 10.5. The number of carbonyl (C=O) groups is 1. The average molecular weight is 412 g/mol. The lowest BCUT2D eigenvalue weighted by Gasteiger charge is -2.14. The maximum Gasteiger partial charge on any atom is 0.193 e. The van der Waals surface area contributed by atoms with E-state index in [1.807, 2.05) is 32.1 Å². The van der Waals surface area contributed by atoms with Crippen molar-refractivity contribution in [1.82, 2.24) is 0 Å². The molecule has 30 heavy (non-hydrogen) atoms. The van der Waals surface area contributed by atoms with Crippen molar-refractivity contribution in [2.45, 2.75) is 13.8 Å². The van der Waals surface area contributed by atoms with Crippen molar-refractivity contribution < 1.29 is 28.5 Å². The van der Waals surface area contributed by atoms with E-state index in [4.69, 9.17) is 23.7 Å². The molecule has 2 rings (SSSR count). The van der Waals surface area contributed by atoms with Gasteiger partial charge in [-0.25, -0.2) is 0 Å². The number of hydrogen-bond donors (Lipinski definition) is 0. The first-order chi connectivity index (χ1) is 14.4. The minimum atomic E-state index is -0.272. The van der Waals surface area contributed by atoms with Gasteiger partial charge in [-0.1, -0.05) is 17.7 Å². The van der Waals surface area contributed by atoms with Gasteiger partial charge in [-0.05, 0) is 38.1 Å². The molecule has 0 radical (unpaired) electrons. The van der Waals surface area contributed by atoms with Crippen LogP contribution >= 0.6 is 0 Å². The van der Waals surface area contributed by atoms with Gasteiger partial charge in [-0.15, -0.1) is 0 Å². The molecule has 0 aliphatic rings. The van der Waals surface area contributed by atoms with Crippen molar-refractivity contribution in [3.63, 3.8) is 0 Å². The Morgan fingerprint density at radius 2 is 1.60 bits per heavy atom. The molecular formula is C24H28O6. The number of hydrogen-bond acceptors (Lipinski definition) is 6. The lowest BCUT2D eigenvalue weighted by molar-refractivity contribution is 0.104. The molecule has 0 N–H and O–H groups in total. The highest BCUT2D eigenvalue weighted by molar-refractivity contribution is 6.10. The lowest BCUT2D eigenvalue weighted by Crippen LogP contribution is -2.06. The molecule has 0 saturated carbocycles. The standard InChI is InChI=1S/C24H28O6/c1-16(2)12-13-30-22-15-18(26-3)14-21(28-5)23(22)19(25)11-10-17-8-7-9-20(27-4)24(17)29-6/h7-12,14-15H,13H2,1-6H3/b11-10+. The summed E-state index contributed by atoms with van der Waals surface area (Å²) in [4.78, 5) is 13.1. The number of carbonyl (C=O) groups excluding carboxylic acids is 1. The van der Waals surface area contributed by atoms with Crippen LogP contribution in [0, 0.1) is 0 Å². The number of allylic oxidation sites excluding steroid dienone is 2. The van der Waals surface area contributed by atoms with Crippen LogP contribution in [0.2, 0.25) is 0 Å². The quantitative estimate of drug-likeness (QED) is 0.312. The van der Waals surface area contributed by atoms with Crippen molar-refractivity contribution in [1.29, 1.82) is 0 Å². The van der Waals surface area contributed by atoms with Crippen LogP contribution in [0.1, 0.15) is 29.8 Å². The van der Waals surface area contributed by atoms with E-state index in [2.05, 4.69) is 0 Å². The molecule has 6 nitrogen and oxygen atoms in total. The van der Waals surface area contributed by atoms with E-state index in [9.17, 15) is 4.79 Å². The van der Waals surface area contributed by atoms with Gasteiger partial charge in [0.2, 0.25) is 0 Å². The summed E-state index contributed by atoms with van der Waals surface area (Å²) in [7, 11) is 6.17. The van der Waals surface area contributed by atoms with Crippen LogP contribution in [0.4, 0.5) is 0 Å². The molecule has 160 valence electrons. The second-order valence-electron chi connectivity index (χ2n) is 6.58. The van der Waals surface area contributed by atoms with E-state index in [1.54, 1.807) is 45.6 Å². The summed E-state index contributed by atoms with van der Waals surface area (Å²) in [5, 5.41) is 0. The van der Waals surface area contributed by atoms with Crippen LogP contribution < -0.4 is 23.7 Å². The Bertz CT molecular complexity index is 939. The van der Waals surface area contributed by atoms with Crippen LogP contribution in [0.3, 0.4) is 0 Å². The summed E-state index contributed by atoms with van der Waals surface area (Å²) >= 11 is 0. The minimum absolute atomic E-state index is 0.272. The average Bonchev–Trinajstić information content (AvgIpc) is 2.75. The third kappa shape index (κ3) is 5.56. The Kier molecular flexibility index (Phi) is 8.35. The Hall–Kier alpha value is -3.41. The third-order valence-corrected chi connectivity index (χ3v) is 4.32. The van der Waals surface area contributed by atoms with Gasteiger partial charge in [0.25, 0.3) is 0 Å². The van der Waals surface area contributed by atoms with Crippen LogP contribution in [-0.2, 0) is 0 Å². The van der Waals surface area contributed by atoms with E-state index >= 15 is 0 Å². The monoisotopic (exact) mass is 412 g/mol. The molecule has 0 aliphatic heterocycles. The maximum absolute atomic E-state index is 13.1. The largest absolute Gasteiger partial charge is 0.496 e. The molecule has 6 heteroatoms. The summed E-state index contributed by atoms with van der Waals surface area (Å²) in [6.07, 6.45) is 5.06. The van der Waals surface area contributed by atoms with Crippen LogP contribution in [0.25, 0.3) is 6.08 Å². The topological polar surface area (TPSA) is 63.2 Å². The minimum Gasteiger partial charge on any atom is -0.496 e. The number of ketones is 1. The van der Waals surface area contributed by atoms with E-state index in [1.165, 1.54) is 13.2 Å². The molecule has 0 spiro atoms. The molecule has 2 aromatic carbocycles. The van der Waals surface area contributed by atoms with Gasteiger partial charge in [0.05, 0.1) is 28.4 Å². The second-order valence-corrected chi connectivity index (χ2v) is 6.58. The first-order valence-corrected chi connectivity index (χ1v) is 9.40. The van der Waals surface area contributed by atoms with Crippen molar-refractivity contribution in [3.05, 3.63) is 59.2 Å². The summed E-state index contributed by atoms with van der Waals surface area (Å²) in [6.45, 7) is 4.28. The molecule has 0 aliphatic carbocycles. The molecule has 0 aromatic heterocycles. The molecule has 0 atom stereocenters. The number of benzene rings is 2.